The lowest BCUT2D eigenvalue weighted by molar-refractivity contribution is -0.140. The van der Waals surface area contributed by atoms with E-state index in [9.17, 15) is 14.7 Å². The Morgan fingerprint density at radius 1 is 1.09 bits per heavy atom. The molecule has 4 rings (SSSR count). The quantitative estimate of drug-likeness (QED) is 0.211. The van der Waals surface area contributed by atoms with E-state index >= 15 is 0 Å². The second-order valence-electron chi connectivity index (χ2n) is 7.74. The summed E-state index contributed by atoms with van der Waals surface area (Å²) in [6.07, 6.45) is 3.13. The molecule has 0 aliphatic carbocycles. The van der Waals surface area contributed by atoms with Crippen LogP contribution in [0.25, 0.3) is 5.76 Å². The lowest BCUT2D eigenvalue weighted by atomic mass is 9.95. The molecular weight excluding hydrogens is 450 g/mol. The first-order valence-corrected chi connectivity index (χ1v) is 10.8. The number of hydrogen-bond acceptors (Lipinski definition) is 7. The van der Waals surface area contributed by atoms with Gasteiger partial charge < -0.3 is 28.6 Å². The molecule has 0 bridgehead atoms. The number of rotatable bonds is 9. The van der Waals surface area contributed by atoms with Gasteiger partial charge in [-0.05, 0) is 48.0 Å². The summed E-state index contributed by atoms with van der Waals surface area (Å²) in [6.45, 7) is 4.03. The van der Waals surface area contributed by atoms with E-state index in [0.29, 0.717) is 40.7 Å². The fraction of sp³-hybridized carbons (Fsp3) is 0.185. The molecule has 180 valence electrons. The van der Waals surface area contributed by atoms with Crippen molar-refractivity contribution in [3.63, 3.8) is 0 Å². The molecule has 1 aliphatic rings. The number of aliphatic hydroxyl groups excluding tert-OH is 1. The Morgan fingerprint density at radius 3 is 2.46 bits per heavy atom. The van der Waals surface area contributed by atoms with Crippen LogP contribution in [-0.2, 0) is 16.1 Å². The summed E-state index contributed by atoms with van der Waals surface area (Å²) in [7, 11) is 2.97. The Hall–Kier alpha value is -4.46. The van der Waals surface area contributed by atoms with Crippen molar-refractivity contribution in [3.8, 4) is 17.2 Å². The molecule has 1 aromatic heterocycles. The van der Waals surface area contributed by atoms with E-state index < -0.39 is 17.7 Å². The highest BCUT2D eigenvalue weighted by Crippen LogP contribution is 2.41. The van der Waals surface area contributed by atoms with Crippen molar-refractivity contribution < 1.29 is 33.3 Å². The summed E-state index contributed by atoms with van der Waals surface area (Å²) in [5.74, 6) is 0.116. The maximum atomic E-state index is 13.2. The number of nitrogens with zero attached hydrogens (tertiary/aromatic N) is 1. The first-order valence-electron chi connectivity index (χ1n) is 10.8. The van der Waals surface area contributed by atoms with Crippen LogP contribution in [-0.4, -0.2) is 42.5 Å². The second kappa shape index (κ2) is 10.2. The van der Waals surface area contributed by atoms with Gasteiger partial charge in [0.15, 0.2) is 11.5 Å². The molecule has 1 fully saturated rings. The normalized spacial score (nSPS) is 16.9. The summed E-state index contributed by atoms with van der Waals surface area (Å²) < 4.78 is 21.6. The van der Waals surface area contributed by atoms with E-state index in [4.69, 9.17) is 18.6 Å². The number of carbonyl (C=O) groups excluding carboxylic acids is 2. The van der Waals surface area contributed by atoms with E-state index in [1.54, 1.807) is 60.7 Å². The van der Waals surface area contributed by atoms with Crippen LogP contribution >= 0.6 is 0 Å². The highest BCUT2D eigenvalue weighted by atomic mass is 16.5. The molecule has 1 N–H and O–H groups in total. The van der Waals surface area contributed by atoms with Gasteiger partial charge in [0, 0.05) is 5.56 Å². The van der Waals surface area contributed by atoms with E-state index in [1.165, 1.54) is 25.4 Å². The summed E-state index contributed by atoms with van der Waals surface area (Å²) >= 11 is 0. The highest BCUT2D eigenvalue weighted by Gasteiger charge is 2.46. The molecule has 0 radical (unpaired) electrons. The number of aliphatic hydroxyl groups is 1. The zero-order valence-corrected chi connectivity index (χ0v) is 19.4. The third-order valence-corrected chi connectivity index (χ3v) is 5.67. The maximum absolute atomic E-state index is 13.2. The lowest BCUT2D eigenvalue weighted by Gasteiger charge is -2.24. The number of ketones is 1. The molecule has 35 heavy (non-hydrogen) atoms. The van der Waals surface area contributed by atoms with Crippen molar-refractivity contribution >= 4 is 17.4 Å². The summed E-state index contributed by atoms with van der Waals surface area (Å²) in [5, 5.41) is 11.3. The van der Waals surface area contributed by atoms with Crippen LogP contribution in [0.3, 0.4) is 0 Å². The lowest BCUT2D eigenvalue weighted by Crippen LogP contribution is -2.29. The smallest absolute Gasteiger partial charge is 0.296 e. The number of hydrogen-bond donors (Lipinski definition) is 1. The third kappa shape index (κ3) is 4.63. The standard InChI is InChI=1S/C27H25NO7/c1-4-13-34-19-10-7-17(8-11-19)24-23(25(29)18-9-12-21(32-2)22(15-18)33-3)26(30)27(31)28(24)16-20-6-5-14-35-20/h4-12,14-15,24,29H,1,13,16H2,2-3H3/t24-/m1/s1. The molecule has 1 saturated heterocycles. The minimum Gasteiger partial charge on any atom is -0.507 e. The van der Waals surface area contributed by atoms with Gasteiger partial charge in [-0.1, -0.05) is 24.8 Å². The SMILES string of the molecule is C=CCOc1ccc([C@@H]2C(=C(O)c3ccc(OC)c(OC)c3)C(=O)C(=O)N2Cc2ccco2)cc1. The van der Waals surface area contributed by atoms with Crippen molar-refractivity contribution in [1.29, 1.82) is 0 Å². The van der Waals surface area contributed by atoms with Crippen molar-refractivity contribution in [1.82, 2.24) is 4.90 Å². The summed E-state index contributed by atoms with van der Waals surface area (Å²) in [4.78, 5) is 27.7. The van der Waals surface area contributed by atoms with Crippen LogP contribution < -0.4 is 14.2 Å². The minimum atomic E-state index is -0.846. The zero-order valence-electron chi connectivity index (χ0n) is 19.4. The maximum Gasteiger partial charge on any atom is 0.296 e. The van der Waals surface area contributed by atoms with E-state index in [2.05, 4.69) is 6.58 Å². The van der Waals surface area contributed by atoms with E-state index in [1.807, 2.05) is 0 Å². The van der Waals surface area contributed by atoms with Crippen LogP contribution in [0.15, 0.2) is 83.5 Å². The van der Waals surface area contributed by atoms with Crippen molar-refractivity contribution in [2.24, 2.45) is 0 Å². The van der Waals surface area contributed by atoms with Gasteiger partial charge in [0.2, 0.25) is 0 Å². The summed E-state index contributed by atoms with van der Waals surface area (Å²) in [6, 6.07) is 14.3. The highest BCUT2D eigenvalue weighted by molar-refractivity contribution is 6.46. The van der Waals surface area contributed by atoms with Crippen LogP contribution in [0.5, 0.6) is 17.2 Å². The third-order valence-electron chi connectivity index (χ3n) is 5.67. The molecule has 0 unspecified atom stereocenters. The molecule has 8 nitrogen and oxygen atoms in total. The van der Waals surface area contributed by atoms with Crippen molar-refractivity contribution in [2.45, 2.75) is 12.6 Å². The fourth-order valence-corrected chi connectivity index (χ4v) is 4.00. The predicted molar refractivity (Wildman–Crippen MR) is 128 cm³/mol. The van der Waals surface area contributed by atoms with Gasteiger partial charge in [0.1, 0.15) is 23.9 Å². The molecule has 1 atom stereocenters. The molecule has 0 saturated carbocycles. The zero-order chi connectivity index (χ0) is 24.9. The van der Waals surface area contributed by atoms with Crippen LogP contribution in [0.4, 0.5) is 0 Å². The number of carbonyl (C=O) groups is 2. The number of ether oxygens (including phenoxy) is 3. The number of amides is 1. The van der Waals surface area contributed by atoms with Gasteiger partial charge in [-0.25, -0.2) is 0 Å². The largest absolute Gasteiger partial charge is 0.507 e. The molecule has 1 aliphatic heterocycles. The Kier molecular flexibility index (Phi) is 6.91. The van der Waals surface area contributed by atoms with Crippen molar-refractivity contribution in [3.05, 3.63) is 96.0 Å². The predicted octanol–water partition coefficient (Wildman–Crippen LogP) is 4.48. The monoisotopic (exact) mass is 475 g/mol. The Balaban J connectivity index is 1.82. The second-order valence-corrected chi connectivity index (χ2v) is 7.74. The molecule has 2 aromatic carbocycles. The van der Waals surface area contributed by atoms with Crippen molar-refractivity contribution in [2.75, 3.05) is 20.8 Å². The number of furan rings is 1. The van der Waals surface area contributed by atoms with Gasteiger partial charge >= 0.3 is 0 Å². The Bertz CT molecular complexity index is 1260. The first-order chi connectivity index (χ1) is 17.0. The van der Waals surface area contributed by atoms with Crippen LogP contribution in [0, 0.1) is 0 Å². The molecule has 1 amide bonds. The minimum absolute atomic E-state index is 0.0338. The topological polar surface area (TPSA) is 98.4 Å². The average Bonchev–Trinajstić information content (AvgIpc) is 3.49. The number of benzene rings is 2. The van der Waals surface area contributed by atoms with Gasteiger partial charge in [-0.15, -0.1) is 0 Å². The molecule has 3 aromatic rings. The molecular formula is C27H25NO7. The molecule has 8 heteroatoms. The number of methoxy groups -OCH3 is 2. The van der Waals surface area contributed by atoms with Gasteiger partial charge in [-0.3, -0.25) is 9.59 Å². The number of likely N-dealkylation sites (tertiary alicyclic amines) is 1. The van der Waals surface area contributed by atoms with Gasteiger partial charge in [-0.2, -0.15) is 0 Å². The first kappa shape index (κ1) is 23.7. The fourth-order valence-electron chi connectivity index (χ4n) is 4.00. The van der Waals surface area contributed by atoms with E-state index in [-0.39, 0.29) is 17.9 Å². The Morgan fingerprint density at radius 2 is 1.83 bits per heavy atom. The number of Topliss-reactive ketones (excluding diaryl/α,β-unsaturated/α-hetero) is 1. The van der Waals surface area contributed by atoms with Gasteiger partial charge in [0.25, 0.3) is 11.7 Å². The van der Waals surface area contributed by atoms with E-state index in [0.717, 1.165) is 0 Å². The average molecular weight is 475 g/mol. The van der Waals surface area contributed by atoms with Gasteiger partial charge in [0.05, 0.1) is 38.6 Å². The molecule has 2 heterocycles. The summed E-state index contributed by atoms with van der Waals surface area (Å²) in [5.41, 5.74) is 0.909. The Labute approximate surface area is 202 Å². The van der Waals surface area contributed by atoms with Crippen LogP contribution in [0.2, 0.25) is 0 Å². The molecule has 0 spiro atoms. The van der Waals surface area contributed by atoms with Crippen LogP contribution in [0.1, 0.15) is 22.9 Å².